The minimum absolute atomic E-state index is 0.453. The summed E-state index contributed by atoms with van der Waals surface area (Å²) in [6.45, 7) is 2.42. The molecule has 3 nitrogen and oxygen atoms in total. The zero-order valence-electron chi connectivity index (χ0n) is 5.83. The average Bonchev–Trinajstić information content (AvgIpc) is 1.88. The Kier molecular flexibility index (Phi) is 2.36. The van der Waals surface area contributed by atoms with Crippen molar-refractivity contribution in [2.24, 2.45) is 0 Å². The number of hydroxylamine groups is 1. The van der Waals surface area contributed by atoms with Crippen molar-refractivity contribution >= 4 is 0 Å². The van der Waals surface area contributed by atoms with Gasteiger partial charge in [0.05, 0.1) is 0 Å². The Hall–Kier alpha value is -0.930. The predicted molar refractivity (Wildman–Crippen MR) is 37.6 cm³/mol. The number of rotatable bonds is 2. The van der Waals surface area contributed by atoms with Crippen LogP contribution in [0.4, 0.5) is 0 Å². The van der Waals surface area contributed by atoms with E-state index in [0.29, 0.717) is 6.54 Å². The lowest BCUT2D eigenvalue weighted by atomic mass is 10.2. The van der Waals surface area contributed by atoms with Crippen LogP contribution < -0.4 is 5.48 Å². The third-order valence-electron chi connectivity index (χ3n) is 1.21. The van der Waals surface area contributed by atoms with Crippen LogP contribution in [0, 0.1) is 6.92 Å². The first-order valence-electron chi connectivity index (χ1n) is 3.10. The monoisotopic (exact) mass is 138 g/mol. The number of nitrogens with zero attached hydrogens (tertiary/aromatic N) is 1. The highest BCUT2D eigenvalue weighted by Gasteiger charge is 1.90. The summed E-state index contributed by atoms with van der Waals surface area (Å²) < 4.78 is 0. The van der Waals surface area contributed by atoms with Gasteiger partial charge in [-0.15, -0.1) is 0 Å². The highest BCUT2D eigenvalue weighted by molar-refractivity contribution is 5.15. The molecule has 1 aromatic rings. The van der Waals surface area contributed by atoms with Crippen LogP contribution in [0.15, 0.2) is 18.5 Å². The van der Waals surface area contributed by atoms with Gasteiger partial charge in [0, 0.05) is 18.9 Å². The van der Waals surface area contributed by atoms with E-state index in [1.54, 1.807) is 12.4 Å². The molecule has 0 aliphatic heterocycles. The van der Waals surface area contributed by atoms with Gasteiger partial charge in [-0.2, -0.15) is 0 Å². The topological polar surface area (TPSA) is 45.2 Å². The molecular formula is C7H10N2O. The van der Waals surface area contributed by atoms with Gasteiger partial charge in [-0.1, -0.05) is 6.07 Å². The molecule has 1 heterocycles. The Morgan fingerprint density at radius 3 is 3.00 bits per heavy atom. The number of hydrogen-bond acceptors (Lipinski definition) is 3. The summed E-state index contributed by atoms with van der Waals surface area (Å²) in [7, 11) is 0. The Bertz CT molecular complexity index is 213. The lowest BCUT2D eigenvalue weighted by molar-refractivity contribution is 0.161. The van der Waals surface area contributed by atoms with Gasteiger partial charge >= 0.3 is 0 Å². The van der Waals surface area contributed by atoms with E-state index in [0.717, 1.165) is 11.1 Å². The standard InChI is InChI=1S/C7H10N2O/c1-6-2-7(5-9-10)4-8-3-6/h2-4,9-10H,5H2,1H3. The highest BCUT2D eigenvalue weighted by Crippen LogP contribution is 1.99. The third-order valence-corrected chi connectivity index (χ3v) is 1.21. The van der Waals surface area contributed by atoms with Crippen molar-refractivity contribution < 1.29 is 5.21 Å². The van der Waals surface area contributed by atoms with E-state index in [1.807, 2.05) is 13.0 Å². The fraction of sp³-hybridized carbons (Fsp3) is 0.286. The average molecular weight is 138 g/mol. The van der Waals surface area contributed by atoms with Crippen LogP contribution in [0.2, 0.25) is 0 Å². The van der Waals surface area contributed by atoms with Crippen LogP contribution >= 0.6 is 0 Å². The molecule has 3 heteroatoms. The molecule has 0 aromatic carbocycles. The van der Waals surface area contributed by atoms with Gasteiger partial charge in [-0.05, 0) is 18.1 Å². The smallest absolute Gasteiger partial charge is 0.0473 e. The van der Waals surface area contributed by atoms with Gasteiger partial charge in [0.15, 0.2) is 0 Å². The van der Waals surface area contributed by atoms with Gasteiger partial charge in [0.25, 0.3) is 0 Å². The summed E-state index contributed by atoms with van der Waals surface area (Å²) in [6.07, 6.45) is 3.50. The Labute approximate surface area is 59.7 Å². The summed E-state index contributed by atoms with van der Waals surface area (Å²) in [5.41, 5.74) is 4.16. The molecule has 2 N–H and O–H groups in total. The summed E-state index contributed by atoms with van der Waals surface area (Å²) in [5, 5.41) is 8.33. The minimum Gasteiger partial charge on any atom is -0.316 e. The van der Waals surface area contributed by atoms with Gasteiger partial charge < -0.3 is 5.21 Å². The van der Waals surface area contributed by atoms with Crippen molar-refractivity contribution in [2.75, 3.05) is 0 Å². The first kappa shape index (κ1) is 7.18. The minimum atomic E-state index is 0.453. The van der Waals surface area contributed by atoms with E-state index < -0.39 is 0 Å². The highest BCUT2D eigenvalue weighted by atomic mass is 16.5. The van der Waals surface area contributed by atoms with Crippen molar-refractivity contribution in [1.82, 2.24) is 10.5 Å². The number of pyridine rings is 1. The van der Waals surface area contributed by atoms with E-state index in [1.165, 1.54) is 0 Å². The second-order valence-corrected chi connectivity index (χ2v) is 2.21. The molecular weight excluding hydrogens is 128 g/mol. The number of nitrogens with one attached hydrogen (secondary N) is 1. The van der Waals surface area contributed by atoms with Crippen LogP contribution in [0.1, 0.15) is 11.1 Å². The Morgan fingerprint density at radius 2 is 2.40 bits per heavy atom. The van der Waals surface area contributed by atoms with Crippen LogP contribution in [0.5, 0.6) is 0 Å². The molecule has 0 fully saturated rings. The Balaban J connectivity index is 2.75. The van der Waals surface area contributed by atoms with Crippen LogP contribution in [-0.2, 0) is 6.54 Å². The van der Waals surface area contributed by atoms with E-state index in [4.69, 9.17) is 5.21 Å². The van der Waals surface area contributed by atoms with Gasteiger partial charge in [0.2, 0.25) is 0 Å². The van der Waals surface area contributed by atoms with Gasteiger partial charge in [-0.25, -0.2) is 5.48 Å². The third kappa shape index (κ3) is 1.79. The molecule has 0 saturated carbocycles. The van der Waals surface area contributed by atoms with Crippen LogP contribution in [0.25, 0.3) is 0 Å². The first-order valence-corrected chi connectivity index (χ1v) is 3.10. The Morgan fingerprint density at radius 1 is 1.60 bits per heavy atom. The number of hydrogen-bond donors (Lipinski definition) is 2. The van der Waals surface area contributed by atoms with Crippen molar-refractivity contribution in [3.63, 3.8) is 0 Å². The molecule has 10 heavy (non-hydrogen) atoms. The summed E-state index contributed by atoms with van der Waals surface area (Å²) >= 11 is 0. The number of aryl methyl sites for hydroxylation is 1. The molecule has 0 radical (unpaired) electrons. The molecule has 54 valence electrons. The maximum Gasteiger partial charge on any atom is 0.0473 e. The second-order valence-electron chi connectivity index (χ2n) is 2.21. The molecule has 0 amide bonds. The zero-order chi connectivity index (χ0) is 7.40. The molecule has 0 atom stereocenters. The van der Waals surface area contributed by atoms with Crippen molar-refractivity contribution in [1.29, 1.82) is 0 Å². The molecule has 0 unspecified atom stereocenters. The zero-order valence-corrected chi connectivity index (χ0v) is 5.83. The fourth-order valence-electron chi connectivity index (χ4n) is 0.806. The summed E-state index contributed by atoms with van der Waals surface area (Å²) in [5.74, 6) is 0. The quantitative estimate of drug-likeness (QED) is 0.596. The lowest BCUT2D eigenvalue weighted by Crippen LogP contribution is -2.06. The van der Waals surface area contributed by atoms with E-state index in [2.05, 4.69) is 10.5 Å². The van der Waals surface area contributed by atoms with Crippen LogP contribution in [-0.4, -0.2) is 10.2 Å². The molecule has 0 aliphatic rings. The van der Waals surface area contributed by atoms with Crippen molar-refractivity contribution in [2.45, 2.75) is 13.5 Å². The second kappa shape index (κ2) is 3.29. The first-order chi connectivity index (χ1) is 4.83. The maximum absolute atomic E-state index is 8.33. The van der Waals surface area contributed by atoms with Crippen molar-refractivity contribution in [3.05, 3.63) is 29.6 Å². The van der Waals surface area contributed by atoms with E-state index >= 15 is 0 Å². The predicted octanol–water partition coefficient (Wildman–Crippen LogP) is 0.869. The molecule has 1 aromatic heterocycles. The summed E-state index contributed by atoms with van der Waals surface area (Å²) in [4.78, 5) is 3.95. The van der Waals surface area contributed by atoms with Crippen LogP contribution in [0.3, 0.4) is 0 Å². The summed E-state index contributed by atoms with van der Waals surface area (Å²) in [6, 6.07) is 1.97. The molecule has 0 aliphatic carbocycles. The molecule has 0 saturated heterocycles. The normalized spacial score (nSPS) is 9.80. The molecule has 0 spiro atoms. The lowest BCUT2D eigenvalue weighted by Gasteiger charge is -1.97. The SMILES string of the molecule is Cc1cncc(CNO)c1. The largest absolute Gasteiger partial charge is 0.316 e. The fourth-order valence-corrected chi connectivity index (χ4v) is 0.806. The van der Waals surface area contributed by atoms with Crippen molar-refractivity contribution in [3.8, 4) is 0 Å². The van der Waals surface area contributed by atoms with Gasteiger partial charge in [0.1, 0.15) is 0 Å². The van der Waals surface area contributed by atoms with E-state index in [-0.39, 0.29) is 0 Å². The van der Waals surface area contributed by atoms with Gasteiger partial charge in [-0.3, -0.25) is 4.98 Å². The van der Waals surface area contributed by atoms with E-state index in [9.17, 15) is 0 Å². The maximum atomic E-state index is 8.33. The molecule has 1 rings (SSSR count). The molecule has 0 bridgehead atoms. The number of aromatic nitrogens is 1.